The van der Waals surface area contributed by atoms with Crippen molar-refractivity contribution in [3.8, 4) is 11.5 Å². The summed E-state index contributed by atoms with van der Waals surface area (Å²) >= 11 is 0. The number of fused-ring (bicyclic) bond motifs is 1. The highest BCUT2D eigenvalue weighted by Crippen LogP contribution is 2.31. The highest BCUT2D eigenvalue weighted by Gasteiger charge is 2.18. The molecule has 0 spiro atoms. The Morgan fingerprint density at radius 1 is 1.17 bits per heavy atom. The Hall–Kier alpha value is -2.47. The van der Waals surface area contributed by atoms with Gasteiger partial charge in [0, 0.05) is 18.7 Å². The summed E-state index contributed by atoms with van der Waals surface area (Å²) in [4.78, 5) is 13.9. The lowest BCUT2D eigenvalue weighted by Gasteiger charge is -2.22. The molecule has 1 aliphatic rings. The van der Waals surface area contributed by atoms with Gasteiger partial charge in [-0.25, -0.2) is 4.79 Å². The zero-order valence-corrected chi connectivity index (χ0v) is 13.9. The Kier molecular flexibility index (Phi) is 5.05. The molecule has 0 N–H and O–H groups in total. The maximum absolute atomic E-state index is 11.7. The topological polar surface area (TPSA) is 61.1 Å². The molecule has 128 valence electrons. The molecule has 1 aliphatic heterocycles. The van der Waals surface area contributed by atoms with Gasteiger partial charge in [-0.2, -0.15) is 0 Å². The molecule has 24 heavy (non-hydrogen) atoms. The first-order valence-corrected chi connectivity index (χ1v) is 7.96. The molecule has 0 bridgehead atoms. The van der Waals surface area contributed by atoms with Crippen LogP contribution in [0.1, 0.15) is 28.6 Å². The molecular weight excluding hydrogens is 310 g/mol. The molecule has 6 heteroatoms. The van der Waals surface area contributed by atoms with Crippen molar-refractivity contribution in [2.45, 2.75) is 20.0 Å². The highest BCUT2D eigenvalue weighted by atomic mass is 16.6. The van der Waals surface area contributed by atoms with Gasteiger partial charge in [-0.05, 0) is 30.3 Å². The quantitative estimate of drug-likeness (QED) is 0.759. The zero-order valence-electron chi connectivity index (χ0n) is 13.9. The molecule has 1 aromatic carbocycles. The second kappa shape index (κ2) is 7.40. The summed E-state index contributed by atoms with van der Waals surface area (Å²) in [5.74, 6) is 1.38. The van der Waals surface area contributed by atoms with Crippen LogP contribution in [0.25, 0.3) is 0 Å². The number of esters is 1. The highest BCUT2D eigenvalue weighted by molar-refractivity contribution is 5.87. The van der Waals surface area contributed by atoms with Gasteiger partial charge in [0.2, 0.25) is 5.76 Å². The molecule has 0 unspecified atom stereocenters. The first kappa shape index (κ1) is 16.4. The van der Waals surface area contributed by atoms with Gasteiger partial charge in [0.25, 0.3) is 0 Å². The smallest absolute Gasteiger partial charge is 0.374 e. The lowest BCUT2D eigenvalue weighted by Crippen LogP contribution is -2.23. The first-order chi connectivity index (χ1) is 11.7. The second-order valence-corrected chi connectivity index (χ2v) is 5.55. The molecule has 0 radical (unpaired) electrons. The predicted octanol–water partition coefficient (Wildman–Crippen LogP) is 2.86. The summed E-state index contributed by atoms with van der Waals surface area (Å²) in [7, 11) is 1.35. The third-order valence-electron chi connectivity index (χ3n) is 3.97. The predicted molar refractivity (Wildman–Crippen MR) is 87.3 cm³/mol. The monoisotopic (exact) mass is 331 g/mol. The Morgan fingerprint density at radius 2 is 1.96 bits per heavy atom. The van der Waals surface area contributed by atoms with E-state index in [-0.39, 0.29) is 5.76 Å². The number of hydrogen-bond acceptors (Lipinski definition) is 6. The Bertz CT molecular complexity index is 709. The van der Waals surface area contributed by atoms with Gasteiger partial charge in [-0.15, -0.1) is 0 Å². The van der Waals surface area contributed by atoms with Crippen molar-refractivity contribution >= 4 is 5.97 Å². The molecule has 0 atom stereocenters. The molecule has 2 aromatic rings. The summed E-state index contributed by atoms with van der Waals surface area (Å²) < 4.78 is 21.2. The van der Waals surface area contributed by atoms with E-state index in [4.69, 9.17) is 18.6 Å². The van der Waals surface area contributed by atoms with Crippen LogP contribution in [0.3, 0.4) is 0 Å². The van der Waals surface area contributed by atoms with Crippen molar-refractivity contribution in [1.29, 1.82) is 0 Å². The Labute approximate surface area is 140 Å². The average Bonchev–Trinajstić information content (AvgIpc) is 3.08. The second-order valence-electron chi connectivity index (χ2n) is 5.55. The van der Waals surface area contributed by atoms with E-state index < -0.39 is 5.97 Å². The molecule has 0 amide bonds. The van der Waals surface area contributed by atoms with Crippen LogP contribution in [0, 0.1) is 0 Å². The van der Waals surface area contributed by atoms with Crippen molar-refractivity contribution in [1.82, 2.24) is 4.90 Å². The van der Waals surface area contributed by atoms with E-state index >= 15 is 0 Å². The van der Waals surface area contributed by atoms with E-state index in [9.17, 15) is 4.79 Å². The van der Waals surface area contributed by atoms with E-state index in [1.54, 1.807) is 6.07 Å². The number of methoxy groups -OCH3 is 1. The number of furan rings is 1. The Morgan fingerprint density at radius 3 is 2.71 bits per heavy atom. The molecule has 1 aromatic heterocycles. The molecule has 0 saturated heterocycles. The number of carbonyl (C=O) groups is 1. The van der Waals surface area contributed by atoms with E-state index in [1.807, 2.05) is 18.2 Å². The van der Waals surface area contributed by atoms with Gasteiger partial charge in [0.15, 0.2) is 11.5 Å². The lowest BCUT2D eigenvalue weighted by molar-refractivity contribution is 0.0561. The Balaban J connectivity index is 1.71. The standard InChI is InChI=1S/C18H21NO5/c1-3-19(12-14-6-7-24-17(14)18(20)21-2)11-13-4-5-15-16(10-13)23-9-8-22-15/h4-7,10H,3,8-9,11-12H2,1-2H3. The first-order valence-electron chi connectivity index (χ1n) is 7.96. The van der Waals surface area contributed by atoms with Crippen molar-refractivity contribution in [2.24, 2.45) is 0 Å². The van der Waals surface area contributed by atoms with E-state index in [0.717, 1.165) is 35.7 Å². The van der Waals surface area contributed by atoms with Crippen LogP contribution < -0.4 is 9.47 Å². The minimum Gasteiger partial charge on any atom is -0.486 e. The molecule has 0 aliphatic carbocycles. The fraction of sp³-hybridized carbons (Fsp3) is 0.389. The van der Waals surface area contributed by atoms with Gasteiger partial charge in [-0.1, -0.05) is 13.0 Å². The van der Waals surface area contributed by atoms with Crippen LogP contribution in [-0.2, 0) is 17.8 Å². The van der Waals surface area contributed by atoms with Crippen LogP contribution >= 0.6 is 0 Å². The van der Waals surface area contributed by atoms with E-state index in [1.165, 1.54) is 13.4 Å². The molecule has 6 nitrogen and oxygen atoms in total. The molecule has 0 saturated carbocycles. The summed E-state index contributed by atoms with van der Waals surface area (Å²) in [6.07, 6.45) is 1.51. The summed E-state index contributed by atoms with van der Waals surface area (Å²) in [5, 5.41) is 0. The van der Waals surface area contributed by atoms with E-state index in [0.29, 0.717) is 19.8 Å². The molecular formula is C18H21NO5. The number of rotatable bonds is 6. The van der Waals surface area contributed by atoms with Crippen molar-refractivity contribution in [2.75, 3.05) is 26.9 Å². The van der Waals surface area contributed by atoms with Crippen molar-refractivity contribution in [3.05, 3.63) is 47.4 Å². The van der Waals surface area contributed by atoms with Gasteiger partial charge in [-0.3, -0.25) is 4.90 Å². The van der Waals surface area contributed by atoms with Gasteiger partial charge in [0.1, 0.15) is 13.2 Å². The van der Waals surface area contributed by atoms with Gasteiger partial charge < -0.3 is 18.6 Å². The van der Waals surface area contributed by atoms with Crippen LogP contribution in [0.5, 0.6) is 11.5 Å². The van der Waals surface area contributed by atoms with Crippen molar-refractivity contribution in [3.63, 3.8) is 0 Å². The number of ether oxygens (including phenoxy) is 3. The third-order valence-corrected chi connectivity index (χ3v) is 3.97. The zero-order chi connectivity index (χ0) is 16.9. The molecule has 0 fully saturated rings. The lowest BCUT2D eigenvalue weighted by atomic mass is 10.1. The third kappa shape index (κ3) is 3.54. The van der Waals surface area contributed by atoms with Gasteiger partial charge in [0.05, 0.1) is 13.4 Å². The summed E-state index contributed by atoms with van der Waals surface area (Å²) in [6, 6.07) is 7.79. The van der Waals surface area contributed by atoms with Crippen LogP contribution in [0.15, 0.2) is 34.9 Å². The van der Waals surface area contributed by atoms with Crippen molar-refractivity contribution < 1.29 is 23.4 Å². The minimum absolute atomic E-state index is 0.262. The largest absolute Gasteiger partial charge is 0.486 e. The number of benzene rings is 1. The normalized spacial score (nSPS) is 13.1. The number of carbonyl (C=O) groups excluding carboxylic acids is 1. The van der Waals surface area contributed by atoms with Crippen LogP contribution in [0.2, 0.25) is 0 Å². The molecule has 3 rings (SSSR count). The number of nitrogens with zero attached hydrogens (tertiary/aromatic N) is 1. The minimum atomic E-state index is -0.453. The summed E-state index contributed by atoms with van der Waals surface area (Å²) in [5.41, 5.74) is 1.95. The number of hydrogen-bond donors (Lipinski definition) is 0. The fourth-order valence-electron chi connectivity index (χ4n) is 2.70. The van der Waals surface area contributed by atoms with Crippen LogP contribution in [-0.4, -0.2) is 37.7 Å². The molecule has 2 heterocycles. The summed E-state index contributed by atoms with van der Waals surface area (Å²) in [6.45, 7) is 5.41. The van der Waals surface area contributed by atoms with Crippen LogP contribution in [0.4, 0.5) is 0 Å². The van der Waals surface area contributed by atoms with E-state index in [2.05, 4.69) is 11.8 Å². The maximum Gasteiger partial charge on any atom is 0.374 e. The average molecular weight is 331 g/mol. The fourth-order valence-corrected chi connectivity index (χ4v) is 2.70. The maximum atomic E-state index is 11.7. The SMILES string of the molecule is CCN(Cc1ccc2c(c1)OCCO2)Cc1ccoc1C(=O)OC. The van der Waals surface area contributed by atoms with Gasteiger partial charge >= 0.3 is 5.97 Å².